The molecule has 0 bridgehead atoms. The second kappa shape index (κ2) is 3.35. The van der Waals surface area contributed by atoms with E-state index >= 15 is 0 Å². The van der Waals surface area contributed by atoms with E-state index in [4.69, 9.17) is 0 Å². The van der Waals surface area contributed by atoms with E-state index in [1.54, 1.807) is 0 Å². The third-order valence-corrected chi connectivity index (χ3v) is 2.03. The molecule has 0 saturated heterocycles. The van der Waals surface area contributed by atoms with Crippen LogP contribution in [0.2, 0.25) is 0 Å². The smallest absolute Gasteiger partial charge is 0.259 e. The van der Waals surface area contributed by atoms with E-state index in [1.165, 1.54) is 7.11 Å². The van der Waals surface area contributed by atoms with E-state index in [0.717, 1.165) is 0 Å². The van der Waals surface area contributed by atoms with Gasteiger partial charge in [0.05, 0.1) is 7.11 Å². The maximum absolute atomic E-state index is 12.9. The van der Waals surface area contributed by atoms with Crippen LogP contribution in [0.3, 0.4) is 0 Å². The maximum Gasteiger partial charge on any atom is 0.259 e. The highest BCUT2D eigenvalue weighted by molar-refractivity contribution is 5.78. The van der Waals surface area contributed by atoms with Crippen LogP contribution >= 0.6 is 0 Å². The van der Waals surface area contributed by atoms with Gasteiger partial charge in [0.15, 0.2) is 0 Å². The van der Waals surface area contributed by atoms with Gasteiger partial charge in [-0.1, -0.05) is 0 Å². The molecule has 0 aliphatic heterocycles. The van der Waals surface area contributed by atoms with Gasteiger partial charge in [-0.3, -0.25) is 9.63 Å². The van der Waals surface area contributed by atoms with Crippen LogP contribution in [-0.2, 0) is 9.63 Å². The van der Waals surface area contributed by atoms with Crippen LogP contribution in [0.15, 0.2) is 0 Å². The largest absolute Gasteiger partial charge is 0.277 e. The van der Waals surface area contributed by atoms with Crippen LogP contribution in [0.4, 0.5) is 8.78 Å². The summed E-state index contributed by atoms with van der Waals surface area (Å²) in [7, 11) is 1.23. The third kappa shape index (κ3) is 1.72. The van der Waals surface area contributed by atoms with Crippen molar-refractivity contribution in [3.63, 3.8) is 0 Å². The Labute approximate surface area is 69.0 Å². The average Bonchev–Trinajstić information content (AvgIpc) is 2.30. The van der Waals surface area contributed by atoms with Crippen LogP contribution in [0.1, 0.15) is 19.3 Å². The molecule has 0 heterocycles. The first-order valence-corrected chi connectivity index (χ1v) is 3.78. The predicted molar refractivity (Wildman–Crippen MR) is 37.4 cm³/mol. The standard InChI is InChI=1S/C7H11F2NO2/c1-12-10-6(11)5-3-2-4-7(5,8)9/h5H,2-4H2,1H3,(H,10,11). The maximum atomic E-state index is 12.9. The lowest BCUT2D eigenvalue weighted by Crippen LogP contribution is -2.37. The Kier molecular flexibility index (Phi) is 2.62. The summed E-state index contributed by atoms with van der Waals surface area (Å²) in [5.41, 5.74) is 1.92. The molecular formula is C7H11F2NO2. The molecule has 0 aromatic rings. The first-order chi connectivity index (χ1) is 5.58. The number of hydrogen-bond acceptors (Lipinski definition) is 2. The van der Waals surface area contributed by atoms with E-state index in [0.29, 0.717) is 6.42 Å². The summed E-state index contributed by atoms with van der Waals surface area (Å²) >= 11 is 0. The number of amides is 1. The predicted octanol–water partition coefficient (Wildman–Crippen LogP) is 1.10. The molecule has 1 fully saturated rings. The Morgan fingerprint density at radius 2 is 2.33 bits per heavy atom. The van der Waals surface area contributed by atoms with Crippen LogP contribution in [0.25, 0.3) is 0 Å². The monoisotopic (exact) mass is 179 g/mol. The Hall–Kier alpha value is -0.710. The van der Waals surface area contributed by atoms with E-state index in [-0.39, 0.29) is 12.8 Å². The quantitative estimate of drug-likeness (QED) is 0.644. The molecule has 5 heteroatoms. The molecule has 0 aromatic carbocycles. The van der Waals surface area contributed by atoms with E-state index < -0.39 is 17.7 Å². The molecule has 3 nitrogen and oxygen atoms in total. The highest BCUT2D eigenvalue weighted by Crippen LogP contribution is 2.40. The van der Waals surface area contributed by atoms with Crippen molar-refractivity contribution < 1.29 is 18.4 Å². The van der Waals surface area contributed by atoms with Crippen molar-refractivity contribution in [2.24, 2.45) is 5.92 Å². The minimum Gasteiger partial charge on any atom is -0.277 e. The van der Waals surface area contributed by atoms with Gasteiger partial charge in [0.1, 0.15) is 5.92 Å². The Balaban J connectivity index is 2.56. The lowest BCUT2D eigenvalue weighted by Gasteiger charge is -2.16. The summed E-state index contributed by atoms with van der Waals surface area (Å²) in [6, 6.07) is 0. The summed E-state index contributed by atoms with van der Waals surface area (Å²) in [5, 5.41) is 0. The van der Waals surface area contributed by atoms with Gasteiger partial charge in [0.2, 0.25) is 0 Å². The van der Waals surface area contributed by atoms with Gasteiger partial charge in [-0.15, -0.1) is 0 Å². The van der Waals surface area contributed by atoms with E-state index in [2.05, 4.69) is 4.84 Å². The Morgan fingerprint density at radius 3 is 2.75 bits per heavy atom. The molecule has 70 valence electrons. The van der Waals surface area contributed by atoms with Crippen molar-refractivity contribution in [3.8, 4) is 0 Å². The van der Waals surface area contributed by atoms with Gasteiger partial charge in [0, 0.05) is 6.42 Å². The van der Waals surface area contributed by atoms with Gasteiger partial charge in [0.25, 0.3) is 11.8 Å². The van der Waals surface area contributed by atoms with Crippen LogP contribution in [0.5, 0.6) is 0 Å². The number of carbonyl (C=O) groups is 1. The number of hydroxylamine groups is 1. The zero-order valence-electron chi connectivity index (χ0n) is 6.77. The summed E-state index contributed by atoms with van der Waals surface area (Å²) in [6.07, 6.45) is 0.436. The van der Waals surface area contributed by atoms with Crippen molar-refractivity contribution in [2.75, 3.05) is 7.11 Å². The number of carbonyl (C=O) groups excluding carboxylic acids is 1. The topological polar surface area (TPSA) is 38.3 Å². The van der Waals surface area contributed by atoms with Crippen molar-refractivity contribution >= 4 is 5.91 Å². The molecule has 0 spiro atoms. The number of halogens is 2. The number of alkyl halides is 2. The minimum atomic E-state index is -2.86. The van der Waals surface area contributed by atoms with Crippen LogP contribution in [0, 0.1) is 5.92 Å². The summed E-state index contributed by atoms with van der Waals surface area (Å²) in [6.45, 7) is 0. The van der Waals surface area contributed by atoms with Crippen molar-refractivity contribution in [1.29, 1.82) is 0 Å². The second-order valence-electron chi connectivity index (χ2n) is 2.88. The van der Waals surface area contributed by atoms with Gasteiger partial charge in [-0.25, -0.2) is 14.3 Å². The molecule has 1 saturated carbocycles. The average molecular weight is 179 g/mol. The molecule has 0 radical (unpaired) electrons. The molecular weight excluding hydrogens is 168 g/mol. The summed E-state index contributed by atoms with van der Waals surface area (Å²) in [4.78, 5) is 15.2. The lowest BCUT2D eigenvalue weighted by atomic mass is 10.1. The third-order valence-electron chi connectivity index (χ3n) is 2.03. The number of nitrogens with one attached hydrogen (secondary N) is 1. The molecule has 12 heavy (non-hydrogen) atoms. The molecule has 1 aliphatic carbocycles. The molecule has 1 aliphatic rings. The van der Waals surface area contributed by atoms with Crippen molar-refractivity contribution in [2.45, 2.75) is 25.2 Å². The molecule has 0 aromatic heterocycles. The fourth-order valence-electron chi connectivity index (χ4n) is 1.42. The number of hydrogen-bond donors (Lipinski definition) is 1. The normalized spacial score (nSPS) is 27.1. The first kappa shape index (κ1) is 9.38. The Bertz CT molecular complexity index is 184. The van der Waals surface area contributed by atoms with Crippen LogP contribution in [-0.4, -0.2) is 18.9 Å². The Morgan fingerprint density at radius 1 is 1.67 bits per heavy atom. The van der Waals surface area contributed by atoms with Gasteiger partial charge in [-0.2, -0.15) is 0 Å². The lowest BCUT2D eigenvalue weighted by molar-refractivity contribution is -0.146. The van der Waals surface area contributed by atoms with Gasteiger partial charge < -0.3 is 0 Å². The molecule has 1 rings (SSSR count). The fourth-order valence-corrected chi connectivity index (χ4v) is 1.42. The summed E-state index contributed by atoms with van der Waals surface area (Å²) < 4.78 is 25.7. The summed E-state index contributed by atoms with van der Waals surface area (Å²) in [5.74, 6) is -4.79. The molecule has 1 N–H and O–H groups in total. The van der Waals surface area contributed by atoms with Gasteiger partial charge in [-0.05, 0) is 12.8 Å². The highest BCUT2D eigenvalue weighted by atomic mass is 19.3. The van der Waals surface area contributed by atoms with Crippen molar-refractivity contribution in [3.05, 3.63) is 0 Å². The fraction of sp³-hybridized carbons (Fsp3) is 0.857. The zero-order chi connectivity index (χ0) is 9.19. The number of rotatable bonds is 2. The minimum absolute atomic E-state index is 0.200. The molecule has 1 atom stereocenters. The SMILES string of the molecule is CONC(=O)C1CCCC1(F)F. The molecule has 1 unspecified atom stereocenters. The second-order valence-corrected chi connectivity index (χ2v) is 2.88. The van der Waals surface area contributed by atoms with E-state index in [1.807, 2.05) is 5.48 Å². The van der Waals surface area contributed by atoms with E-state index in [9.17, 15) is 13.6 Å². The highest BCUT2D eigenvalue weighted by Gasteiger charge is 2.48. The molecule has 1 amide bonds. The van der Waals surface area contributed by atoms with Gasteiger partial charge >= 0.3 is 0 Å². The zero-order valence-corrected chi connectivity index (χ0v) is 6.77. The van der Waals surface area contributed by atoms with Crippen LogP contribution < -0.4 is 5.48 Å². The first-order valence-electron chi connectivity index (χ1n) is 3.78. The van der Waals surface area contributed by atoms with Crippen molar-refractivity contribution in [1.82, 2.24) is 5.48 Å².